The van der Waals surface area contributed by atoms with E-state index >= 15 is 0 Å². The van der Waals surface area contributed by atoms with Crippen LogP contribution in [0.4, 0.5) is 4.39 Å². The van der Waals surface area contributed by atoms with Crippen LogP contribution in [0.15, 0.2) is 48.8 Å². The molecule has 2 aromatic rings. The number of rotatable bonds is 2. The number of hydrogen-bond acceptors (Lipinski definition) is 1. The summed E-state index contributed by atoms with van der Waals surface area (Å²) in [5.41, 5.74) is 1.80. The van der Waals surface area contributed by atoms with E-state index in [4.69, 9.17) is 0 Å². The van der Waals surface area contributed by atoms with Gasteiger partial charge < -0.3 is 0 Å². The molecule has 76 valence electrons. The number of nitrogens with zero attached hydrogens (tertiary/aromatic N) is 1. The molecule has 1 aromatic carbocycles. The highest BCUT2D eigenvalue weighted by atomic mass is 19.1. The lowest BCUT2D eigenvalue weighted by molar-refractivity contribution is 0.596. The van der Waals surface area contributed by atoms with Crippen LogP contribution in [-0.2, 0) is 0 Å². The summed E-state index contributed by atoms with van der Waals surface area (Å²) in [6, 6.07) is 11.6. The van der Waals surface area contributed by atoms with Gasteiger partial charge in [0.15, 0.2) is 0 Å². The quantitative estimate of drug-likeness (QED) is 0.725. The van der Waals surface area contributed by atoms with Crippen molar-refractivity contribution in [1.82, 2.24) is 4.98 Å². The molecule has 1 atom stereocenters. The number of halogens is 1. The molecule has 0 saturated carbocycles. The SMILES string of the molecule is CC(c1ccccc1)c1ccncc1F. The van der Waals surface area contributed by atoms with Crippen molar-refractivity contribution in [1.29, 1.82) is 0 Å². The highest BCUT2D eigenvalue weighted by molar-refractivity contribution is 5.30. The fourth-order valence-corrected chi connectivity index (χ4v) is 1.66. The van der Waals surface area contributed by atoms with E-state index in [0.29, 0.717) is 5.56 Å². The normalized spacial score (nSPS) is 12.4. The van der Waals surface area contributed by atoms with Crippen LogP contribution in [0.25, 0.3) is 0 Å². The van der Waals surface area contributed by atoms with Gasteiger partial charge in [0.1, 0.15) is 5.82 Å². The smallest absolute Gasteiger partial charge is 0.145 e. The Hall–Kier alpha value is -1.70. The highest BCUT2D eigenvalue weighted by Crippen LogP contribution is 2.24. The van der Waals surface area contributed by atoms with Crippen molar-refractivity contribution in [2.24, 2.45) is 0 Å². The summed E-state index contributed by atoms with van der Waals surface area (Å²) in [5, 5.41) is 0. The molecule has 1 unspecified atom stereocenters. The summed E-state index contributed by atoms with van der Waals surface area (Å²) in [6.07, 6.45) is 2.88. The van der Waals surface area contributed by atoms with Gasteiger partial charge in [-0.1, -0.05) is 37.3 Å². The molecule has 1 heterocycles. The van der Waals surface area contributed by atoms with Crippen LogP contribution < -0.4 is 0 Å². The molecule has 0 aliphatic carbocycles. The summed E-state index contributed by atoms with van der Waals surface area (Å²) in [7, 11) is 0. The van der Waals surface area contributed by atoms with Gasteiger partial charge >= 0.3 is 0 Å². The Balaban J connectivity index is 2.37. The Labute approximate surface area is 88.6 Å². The average Bonchev–Trinajstić information content (AvgIpc) is 2.30. The van der Waals surface area contributed by atoms with Crippen molar-refractivity contribution in [3.63, 3.8) is 0 Å². The lowest BCUT2D eigenvalue weighted by Crippen LogP contribution is -1.99. The Morgan fingerprint density at radius 2 is 1.87 bits per heavy atom. The molecule has 1 aromatic heterocycles. The zero-order valence-electron chi connectivity index (χ0n) is 8.52. The maximum absolute atomic E-state index is 13.5. The minimum absolute atomic E-state index is 0.0641. The van der Waals surface area contributed by atoms with Crippen molar-refractivity contribution < 1.29 is 4.39 Å². The fraction of sp³-hybridized carbons (Fsp3) is 0.154. The predicted octanol–water partition coefficient (Wildman–Crippen LogP) is 3.37. The van der Waals surface area contributed by atoms with Crippen LogP contribution >= 0.6 is 0 Å². The third kappa shape index (κ3) is 2.04. The molecule has 0 bridgehead atoms. The number of hydrogen-bond donors (Lipinski definition) is 0. The molecule has 0 spiro atoms. The molecule has 0 aliphatic rings. The van der Waals surface area contributed by atoms with Crippen molar-refractivity contribution in [2.75, 3.05) is 0 Å². The molecule has 0 radical (unpaired) electrons. The predicted molar refractivity (Wildman–Crippen MR) is 58.2 cm³/mol. The van der Waals surface area contributed by atoms with Gasteiger partial charge in [-0.05, 0) is 17.2 Å². The lowest BCUT2D eigenvalue weighted by atomic mass is 9.94. The first-order valence-electron chi connectivity index (χ1n) is 4.93. The molecule has 0 saturated heterocycles. The topological polar surface area (TPSA) is 12.9 Å². The monoisotopic (exact) mass is 201 g/mol. The van der Waals surface area contributed by atoms with E-state index in [2.05, 4.69) is 4.98 Å². The number of benzene rings is 1. The second-order valence-corrected chi connectivity index (χ2v) is 3.53. The Bertz CT molecular complexity index is 439. The van der Waals surface area contributed by atoms with E-state index < -0.39 is 0 Å². The van der Waals surface area contributed by atoms with Crippen molar-refractivity contribution in [3.05, 3.63) is 65.7 Å². The molecular formula is C13H12FN. The standard InChI is InChI=1S/C13H12FN/c1-10(11-5-3-2-4-6-11)12-7-8-15-9-13(12)14/h2-10H,1H3. The summed E-state index contributed by atoms with van der Waals surface area (Å²) in [4.78, 5) is 3.75. The first kappa shape index (κ1) is 9.84. The van der Waals surface area contributed by atoms with Gasteiger partial charge in [0.25, 0.3) is 0 Å². The van der Waals surface area contributed by atoms with Crippen LogP contribution in [0.1, 0.15) is 24.0 Å². The summed E-state index contributed by atoms with van der Waals surface area (Å²) < 4.78 is 13.5. The van der Waals surface area contributed by atoms with Gasteiger partial charge in [-0.25, -0.2) is 4.39 Å². The zero-order chi connectivity index (χ0) is 10.7. The maximum Gasteiger partial charge on any atom is 0.145 e. The molecule has 2 rings (SSSR count). The van der Waals surface area contributed by atoms with Crippen LogP contribution in [0.5, 0.6) is 0 Å². The largest absolute Gasteiger partial charge is 0.262 e. The maximum atomic E-state index is 13.5. The third-order valence-corrected chi connectivity index (χ3v) is 2.57. The molecule has 1 nitrogen and oxygen atoms in total. The summed E-state index contributed by atoms with van der Waals surface area (Å²) in [5.74, 6) is -0.178. The molecule has 0 N–H and O–H groups in total. The van der Waals surface area contributed by atoms with Crippen LogP contribution in [0.3, 0.4) is 0 Å². The van der Waals surface area contributed by atoms with Crippen LogP contribution in [0.2, 0.25) is 0 Å². The van der Waals surface area contributed by atoms with E-state index in [1.54, 1.807) is 12.3 Å². The lowest BCUT2D eigenvalue weighted by Gasteiger charge is -2.12. The molecule has 0 fully saturated rings. The van der Waals surface area contributed by atoms with E-state index in [1.165, 1.54) is 6.20 Å². The minimum Gasteiger partial charge on any atom is -0.262 e. The molecule has 15 heavy (non-hydrogen) atoms. The first-order valence-corrected chi connectivity index (χ1v) is 4.93. The second-order valence-electron chi connectivity index (χ2n) is 3.53. The molecular weight excluding hydrogens is 189 g/mol. The Morgan fingerprint density at radius 1 is 1.13 bits per heavy atom. The third-order valence-electron chi connectivity index (χ3n) is 2.57. The fourth-order valence-electron chi connectivity index (χ4n) is 1.66. The van der Waals surface area contributed by atoms with Gasteiger partial charge in [-0.3, -0.25) is 4.98 Å². The first-order chi connectivity index (χ1) is 7.29. The van der Waals surface area contributed by atoms with Gasteiger partial charge in [0.2, 0.25) is 0 Å². The van der Waals surface area contributed by atoms with Crippen LogP contribution in [0, 0.1) is 5.82 Å². The second kappa shape index (κ2) is 4.22. The number of pyridine rings is 1. The summed E-state index contributed by atoms with van der Waals surface area (Å²) in [6.45, 7) is 1.99. The van der Waals surface area contributed by atoms with E-state index in [9.17, 15) is 4.39 Å². The van der Waals surface area contributed by atoms with Crippen molar-refractivity contribution >= 4 is 0 Å². The van der Waals surface area contributed by atoms with E-state index in [1.807, 2.05) is 37.3 Å². The average molecular weight is 201 g/mol. The number of aromatic nitrogens is 1. The van der Waals surface area contributed by atoms with Gasteiger partial charge in [-0.15, -0.1) is 0 Å². The Kier molecular flexibility index (Phi) is 2.77. The van der Waals surface area contributed by atoms with Gasteiger partial charge in [0, 0.05) is 12.1 Å². The minimum atomic E-state index is -0.242. The van der Waals surface area contributed by atoms with Crippen LogP contribution in [-0.4, -0.2) is 4.98 Å². The molecule has 0 aliphatic heterocycles. The van der Waals surface area contributed by atoms with Gasteiger partial charge in [0.05, 0.1) is 6.20 Å². The summed E-state index contributed by atoms with van der Waals surface area (Å²) >= 11 is 0. The zero-order valence-corrected chi connectivity index (χ0v) is 8.52. The van der Waals surface area contributed by atoms with Gasteiger partial charge in [-0.2, -0.15) is 0 Å². The molecule has 2 heteroatoms. The molecule has 0 amide bonds. The Morgan fingerprint density at radius 3 is 2.53 bits per heavy atom. The van der Waals surface area contributed by atoms with E-state index in [0.717, 1.165) is 5.56 Å². The van der Waals surface area contributed by atoms with E-state index in [-0.39, 0.29) is 11.7 Å². The van der Waals surface area contributed by atoms with Crippen molar-refractivity contribution in [3.8, 4) is 0 Å². The van der Waals surface area contributed by atoms with Crippen molar-refractivity contribution in [2.45, 2.75) is 12.8 Å². The highest BCUT2D eigenvalue weighted by Gasteiger charge is 2.11.